The van der Waals surface area contributed by atoms with Crippen molar-refractivity contribution in [3.05, 3.63) is 30.3 Å². The van der Waals surface area contributed by atoms with Crippen molar-refractivity contribution < 1.29 is 5.11 Å². The van der Waals surface area contributed by atoms with E-state index in [1.165, 1.54) is 0 Å². The van der Waals surface area contributed by atoms with E-state index in [9.17, 15) is 0 Å². The summed E-state index contributed by atoms with van der Waals surface area (Å²) in [5, 5.41) is 13.0. The first-order chi connectivity index (χ1) is 8.79. The van der Waals surface area contributed by atoms with Gasteiger partial charge in [-0.3, -0.25) is 0 Å². The Morgan fingerprint density at radius 1 is 1.11 bits per heavy atom. The zero-order chi connectivity index (χ0) is 12.8. The van der Waals surface area contributed by atoms with Gasteiger partial charge in [-0.1, -0.05) is 0 Å². The van der Waals surface area contributed by atoms with Crippen molar-refractivity contribution in [1.82, 2.24) is 4.98 Å². The molecule has 0 atom stereocenters. The van der Waals surface area contributed by atoms with Crippen LogP contribution >= 0.6 is 0 Å². The smallest absolute Gasteiger partial charge is 0.126 e. The van der Waals surface area contributed by atoms with Gasteiger partial charge in [-0.15, -0.1) is 0 Å². The molecule has 0 amide bonds. The van der Waals surface area contributed by atoms with Crippen LogP contribution in [0.3, 0.4) is 0 Å². The zero-order valence-electron chi connectivity index (χ0n) is 10.4. The summed E-state index contributed by atoms with van der Waals surface area (Å²) < 4.78 is 0. The number of rotatable bonds is 6. The van der Waals surface area contributed by atoms with E-state index in [2.05, 4.69) is 10.3 Å². The van der Waals surface area contributed by atoms with Gasteiger partial charge in [0.15, 0.2) is 0 Å². The maximum Gasteiger partial charge on any atom is 0.126 e. The molecule has 1 heterocycles. The van der Waals surface area contributed by atoms with Crippen LogP contribution in [0.25, 0.3) is 10.9 Å². The Morgan fingerprint density at radius 2 is 2.00 bits per heavy atom. The lowest BCUT2D eigenvalue weighted by molar-refractivity contribution is 0.283. The summed E-state index contributed by atoms with van der Waals surface area (Å²) in [6, 6.07) is 9.71. The monoisotopic (exact) mass is 245 g/mol. The van der Waals surface area contributed by atoms with E-state index in [0.717, 1.165) is 48.2 Å². The summed E-state index contributed by atoms with van der Waals surface area (Å²) in [6.45, 7) is 1.16. The third-order valence-electron chi connectivity index (χ3n) is 2.85. The van der Waals surface area contributed by atoms with Crippen LogP contribution in [0.4, 0.5) is 11.5 Å². The molecule has 96 valence electrons. The number of pyridine rings is 1. The van der Waals surface area contributed by atoms with Crippen molar-refractivity contribution >= 4 is 22.4 Å². The largest absolute Gasteiger partial charge is 0.399 e. The van der Waals surface area contributed by atoms with E-state index >= 15 is 0 Å². The molecule has 4 N–H and O–H groups in total. The molecule has 0 saturated heterocycles. The number of aromatic nitrogens is 1. The van der Waals surface area contributed by atoms with Crippen LogP contribution < -0.4 is 11.1 Å². The average Bonchev–Trinajstić information content (AvgIpc) is 2.38. The van der Waals surface area contributed by atoms with Crippen LogP contribution in [0.5, 0.6) is 0 Å². The van der Waals surface area contributed by atoms with E-state index in [1.54, 1.807) is 0 Å². The van der Waals surface area contributed by atoms with E-state index in [4.69, 9.17) is 10.8 Å². The molecular weight excluding hydrogens is 226 g/mol. The van der Waals surface area contributed by atoms with E-state index in [0.29, 0.717) is 0 Å². The molecule has 4 nitrogen and oxygen atoms in total. The summed E-state index contributed by atoms with van der Waals surface area (Å²) in [4.78, 5) is 4.52. The fourth-order valence-corrected chi connectivity index (χ4v) is 1.87. The fraction of sp³-hybridized carbons (Fsp3) is 0.357. The first-order valence-electron chi connectivity index (χ1n) is 6.30. The normalized spacial score (nSPS) is 10.7. The lowest BCUT2D eigenvalue weighted by Crippen LogP contribution is -2.03. The Labute approximate surface area is 107 Å². The Balaban J connectivity index is 1.95. The topological polar surface area (TPSA) is 71.2 Å². The molecule has 4 heteroatoms. The van der Waals surface area contributed by atoms with Crippen molar-refractivity contribution in [1.29, 1.82) is 0 Å². The number of nitrogens with one attached hydrogen (secondary N) is 1. The third kappa shape index (κ3) is 3.34. The molecule has 1 aromatic carbocycles. The van der Waals surface area contributed by atoms with Crippen LogP contribution in [0.2, 0.25) is 0 Å². The molecule has 0 fully saturated rings. The number of unbranched alkanes of at least 4 members (excludes halogenated alkanes) is 2. The molecule has 0 aliphatic heterocycles. The van der Waals surface area contributed by atoms with Gasteiger partial charge in [-0.25, -0.2) is 4.98 Å². The maximum atomic E-state index is 8.68. The van der Waals surface area contributed by atoms with Gasteiger partial charge in [-0.05, 0) is 49.6 Å². The zero-order valence-corrected chi connectivity index (χ0v) is 10.4. The molecule has 0 unspecified atom stereocenters. The minimum atomic E-state index is 0.273. The van der Waals surface area contributed by atoms with E-state index in [1.807, 2.05) is 30.3 Å². The summed E-state index contributed by atoms with van der Waals surface area (Å²) >= 11 is 0. The van der Waals surface area contributed by atoms with Gasteiger partial charge in [0.05, 0.1) is 5.52 Å². The standard InChI is InChI=1S/C14H19N3O/c15-12-5-6-13-11(10-12)4-7-14(17-13)16-8-2-1-3-9-18/h4-7,10,18H,1-3,8-9,15H2,(H,16,17). The van der Waals surface area contributed by atoms with Crippen molar-refractivity contribution in [3.8, 4) is 0 Å². The number of fused-ring (bicyclic) bond motifs is 1. The highest BCUT2D eigenvalue weighted by atomic mass is 16.2. The molecule has 2 rings (SSSR count). The molecule has 0 radical (unpaired) electrons. The predicted octanol–water partition coefficient (Wildman–Crippen LogP) is 2.39. The molecule has 0 saturated carbocycles. The van der Waals surface area contributed by atoms with Gasteiger partial charge in [0.25, 0.3) is 0 Å². The van der Waals surface area contributed by atoms with Crippen LogP contribution in [0.1, 0.15) is 19.3 Å². The van der Waals surface area contributed by atoms with Gasteiger partial charge in [0, 0.05) is 24.2 Å². The maximum absolute atomic E-state index is 8.68. The number of hydrogen-bond acceptors (Lipinski definition) is 4. The predicted molar refractivity (Wildman–Crippen MR) is 75.6 cm³/mol. The highest BCUT2D eigenvalue weighted by molar-refractivity contribution is 5.83. The van der Waals surface area contributed by atoms with Gasteiger partial charge in [0.1, 0.15) is 5.82 Å². The molecule has 0 aliphatic carbocycles. The van der Waals surface area contributed by atoms with Crippen LogP contribution in [0, 0.1) is 0 Å². The molecule has 0 spiro atoms. The molecular formula is C14H19N3O. The van der Waals surface area contributed by atoms with Gasteiger partial charge >= 0.3 is 0 Å². The third-order valence-corrected chi connectivity index (χ3v) is 2.85. The van der Waals surface area contributed by atoms with Gasteiger partial charge in [-0.2, -0.15) is 0 Å². The molecule has 0 bridgehead atoms. The lowest BCUT2D eigenvalue weighted by Gasteiger charge is -2.06. The minimum Gasteiger partial charge on any atom is -0.399 e. The quantitative estimate of drug-likeness (QED) is 0.540. The first kappa shape index (κ1) is 12.6. The number of benzene rings is 1. The number of hydrogen-bond donors (Lipinski definition) is 3. The van der Waals surface area contributed by atoms with E-state index < -0.39 is 0 Å². The molecule has 1 aromatic heterocycles. The van der Waals surface area contributed by atoms with Crippen molar-refractivity contribution in [2.75, 3.05) is 24.2 Å². The summed E-state index contributed by atoms with van der Waals surface area (Å²) in [5.74, 6) is 0.885. The van der Waals surface area contributed by atoms with Crippen molar-refractivity contribution in [2.24, 2.45) is 0 Å². The second-order valence-electron chi connectivity index (χ2n) is 4.36. The fourth-order valence-electron chi connectivity index (χ4n) is 1.87. The molecule has 18 heavy (non-hydrogen) atoms. The van der Waals surface area contributed by atoms with Gasteiger partial charge < -0.3 is 16.2 Å². The highest BCUT2D eigenvalue weighted by Crippen LogP contribution is 2.17. The Bertz CT molecular complexity index is 513. The summed E-state index contributed by atoms with van der Waals surface area (Å²) in [5.41, 5.74) is 7.43. The highest BCUT2D eigenvalue weighted by Gasteiger charge is 1.98. The number of nitrogens with two attached hydrogens (primary N) is 1. The van der Waals surface area contributed by atoms with Crippen LogP contribution in [-0.2, 0) is 0 Å². The van der Waals surface area contributed by atoms with Crippen LogP contribution in [0.15, 0.2) is 30.3 Å². The number of anilines is 2. The lowest BCUT2D eigenvalue weighted by atomic mass is 10.2. The molecule has 0 aliphatic rings. The Kier molecular flexibility index (Phi) is 4.36. The second kappa shape index (κ2) is 6.21. The number of nitrogen functional groups attached to an aromatic ring is 1. The van der Waals surface area contributed by atoms with E-state index in [-0.39, 0.29) is 6.61 Å². The summed E-state index contributed by atoms with van der Waals surface area (Å²) in [7, 11) is 0. The SMILES string of the molecule is Nc1ccc2nc(NCCCCCO)ccc2c1. The number of aliphatic hydroxyl groups is 1. The average molecular weight is 245 g/mol. The Morgan fingerprint density at radius 3 is 2.83 bits per heavy atom. The van der Waals surface area contributed by atoms with Crippen molar-refractivity contribution in [2.45, 2.75) is 19.3 Å². The van der Waals surface area contributed by atoms with Crippen molar-refractivity contribution in [3.63, 3.8) is 0 Å². The summed E-state index contributed by atoms with van der Waals surface area (Å²) in [6.07, 6.45) is 2.95. The first-order valence-corrected chi connectivity index (χ1v) is 6.30. The number of nitrogens with zero attached hydrogens (tertiary/aromatic N) is 1. The minimum absolute atomic E-state index is 0.273. The second-order valence-corrected chi connectivity index (χ2v) is 4.36. The molecule has 2 aromatic rings. The van der Waals surface area contributed by atoms with Gasteiger partial charge in [0.2, 0.25) is 0 Å². The van der Waals surface area contributed by atoms with Crippen LogP contribution in [-0.4, -0.2) is 23.2 Å². The number of aliphatic hydroxyl groups excluding tert-OH is 1. The Hall–Kier alpha value is -1.81.